The summed E-state index contributed by atoms with van der Waals surface area (Å²) in [7, 11) is 0. The maximum absolute atomic E-state index is 11.1. The molecule has 7 nitrogen and oxygen atoms in total. The van der Waals surface area contributed by atoms with E-state index < -0.39 is 4.92 Å². The second-order valence-corrected chi connectivity index (χ2v) is 5.35. The van der Waals surface area contributed by atoms with Crippen LogP contribution in [0.25, 0.3) is 0 Å². The number of aryl methyl sites for hydroxylation is 1. The van der Waals surface area contributed by atoms with Crippen molar-refractivity contribution in [2.75, 3.05) is 11.9 Å². The number of nitrogens with zero attached hydrogens (tertiary/aromatic N) is 3. The topological polar surface area (TPSA) is 101 Å². The Morgan fingerprint density at radius 3 is 2.80 bits per heavy atom. The Bertz CT molecular complexity index is 512. The number of halogens is 1. The number of hydrogen-bond donors (Lipinski definition) is 2. The van der Waals surface area contributed by atoms with E-state index in [0.29, 0.717) is 0 Å². The third kappa shape index (κ3) is 3.16. The number of aliphatic hydroxyl groups is 1. The molecule has 1 aliphatic carbocycles. The van der Waals surface area contributed by atoms with Crippen molar-refractivity contribution < 1.29 is 10.0 Å². The average Bonchev–Trinajstić information content (AvgIpc) is 2.38. The Morgan fingerprint density at radius 2 is 2.15 bits per heavy atom. The third-order valence-corrected chi connectivity index (χ3v) is 3.85. The Kier molecular flexibility index (Phi) is 4.72. The molecule has 1 heterocycles. The predicted octanol–water partition coefficient (Wildman–Crippen LogP) is 2.31. The van der Waals surface area contributed by atoms with Gasteiger partial charge in [0.05, 0.1) is 4.92 Å². The van der Waals surface area contributed by atoms with E-state index in [1.54, 1.807) is 0 Å². The average molecular weight is 301 g/mol. The molecule has 2 atom stereocenters. The summed E-state index contributed by atoms with van der Waals surface area (Å²) >= 11 is 5.78. The van der Waals surface area contributed by atoms with Gasteiger partial charge < -0.3 is 10.4 Å². The van der Waals surface area contributed by atoms with E-state index in [4.69, 9.17) is 11.6 Å². The zero-order valence-electron chi connectivity index (χ0n) is 11.2. The van der Waals surface area contributed by atoms with Crippen LogP contribution in [0.2, 0.25) is 5.28 Å². The van der Waals surface area contributed by atoms with Crippen molar-refractivity contribution in [3.63, 3.8) is 0 Å². The predicted molar refractivity (Wildman–Crippen MR) is 74.9 cm³/mol. The monoisotopic (exact) mass is 300 g/mol. The minimum Gasteiger partial charge on any atom is -0.396 e. The first kappa shape index (κ1) is 14.9. The Morgan fingerprint density at radius 1 is 1.45 bits per heavy atom. The van der Waals surface area contributed by atoms with Crippen LogP contribution in [0.15, 0.2) is 0 Å². The molecular weight excluding hydrogens is 284 g/mol. The van der Waals surface area contributed by atoms with Gasteiger partial charge in [-0.2, -0.15) is 4.98 Å². The molecule has 0 aromatic carbocycles. The van der Waals surface area contributed by atoms with Crippen LogP contribution in [-0.2, 0) is 0 Å². The molecule has 0 bridgehead atoms. The quantitative estimate of drug-likeness (QED) is 0.502. The Labute approximate surface area is 121 Å². The van der Waals surface area contributed by atoms with E-state index >= 15 is 0 Å². The smallest absolute Gasteiger partial charge is 0.332 e. The summed E-state index contributed by atoms with van der Waals surface area (Å²) in [6, 6.07) is -0.0298. The van der Waals surface area contributed by atoms with E-state index in [-0.39, 0.29) is 41.0 Å². The summed E-state index contributed by atoms with van der Waals surface area (Å²) in [4.78, 5) is 18.4. The maximum atomic E-state index is 11.1. The van der Waals surface area contributed by atoms with Gasteiger partial charge in [0.15, 0.2) is 0 Å². The van der Waals surface area contributed by atoms with Gasteiger partial charge in [0.2, 0.25) is 11.1 Å². The van der Waals surface area contributed by atoms with Crippen molar-refractivity contribution in [3.05, 3.63) is 21.1 Å². The molecule has 8 heteroatoms. The first-order valence-electron chi connectivity index (χ1n) is 6.59. The lowest BCUT2D eigenvalue weighted by Gasteiger charge is -2.31. The highest BCUT2D eigenvalue weighted by molar-refractivity contribution is 6.28. The molecule has 2 N–H and O–H groups in total. The molecule has 1 aromatic heterocycles. The van der Waals surface area contributed by atoms with Crippen molar-refractivity contribution in [2.45, 2.75) is 38.6 Å². The van der Waals surface area contributed by atoms with Gasteiger partial charge in [0, 0.05) is 18.6 Å². The van der Waals surface area contributed by atoms with E-state index in [1.807, 2.05) is 0 Å². The van der Waals surface area contributed by atoms with E-state index in [1.165, 1.54) is 6.92 Å². The first-order chi connectivity index (χ1) is 9.52. The number of aliphatic hydroxyl groups excluding tert-OH is 1. The van der Waals surface area contributed by atoms with Crippen LogP contribution < -0.4 is 5.32 Å². The summed E-state index contributed by atoms with van der Waals surface area (Å²) in [6.45, 7) is 1.59. The molecule has 20 heavy (non-hydrogen) atoms. The van der Waals surface area contributed by atoms with Crippen molar-refractivity contribution in [1.82, 2.24) is 9.97 Å². The summed E-state index contributed by atoms with van der Waals surface area (Å²) in [5.41, 5.74) is 0.0746. The van der Waals surface area contributed by atoms with Crippen molar-refractivity contribution in [1.29, 1.82) is 0 Å². The van der Waals surface area contributed by atoms with Crippen molar-refractivity contribution >= 4 is 23.1 Å². The number of nitro groups is 1. The van der Waals surface area contributed by atoms with Gasteiger partial charge >= 0.3 is 5.69 Å². The molecule has 0 amide bonds. The Balaban J connectivity index is 2.30. The molecule has 0 aliphatic heterocycles. The lowest BCUT2D eigenvalue weighted by Crippen LogP contribution is -2.35. The number of rotatable bonds is 4. The van der Waals surface area contributed by atoms with Crippen LogP contribution in [0.4, 0.5) is 11.5 Å². The molecular formula is C12H17ClN4O3. The molecule has 1 saturated carbocycles. The zero-order valence-corrected chi connectivity index (χ0v) is 11.9. The minimum atomic E-state index is -0.509. The maximum Gasteiger partial charge on any atom is 0.332 e. The largest absolute Gasteiger partial charge is 0.396 e. The number of hydrogen-bond acceptors (Lipinski definition) is 6. The molecule has 0 spiro atoms. The number of nitrogens with one attached hydrogen (secondary N) is 1. The lowest BCUT2D eigenvalue weighted by molar-refractivity contribution is -0.385. The Hall–Kier alpha value is -1.47. The SMILES string of the molecule is Cc1nc(Cl)nc(NC2CCCCC2CO)c1[N+](=O)[O-]. The van der Waals surface area contributed by atoms with Crippen LogP contribution in [-0.4, -0.2) is 32.6 Å². The second-order valence-electron chi connectivity index (χ2n) is 5.01. The number of anilines is 1. The molecule has 1 fully saturated rings. The van der Waals surface area contributed by atoms with Crippen molar-refractivity contribution in [2.24, 2.45) is 5.92 Å². The highest BCUT2D eigenvalue weighted by Gasteiger charge is 2.29. The normalized spacial score (nSPS) is 22.6. The summed E-state index contributed by atoms with van der Waals surface area (Å²) < 4.78 is 0. The van der Waals surface area contributed by atoms with Crippen LogP contribution in [0, 0.1) is 23.0 Å². The zero-order chi connectivity index (χ0) is 14.7. The van der Waals surface area contributed by atoms with Gasteiger partial charge in [-0.05, 0) is 31.4 Å². The van der Waals surface area contributed by atoms with Crippen LogP contribution in [0.1, 0.15) is 31.4 Å². The summed E-state index contributed by atoms with van der Waals surface area (Å²) in [6.07, 6.45) is 3.84. The van der Waals surface area contributed by atoms with Gasteiger partial charge in [0.1, 0.15) is 5.69 Å². The van der Waals surface area contributed by atoms with Crippen molar-refractivity contribution in [3.8, 4) is 0 Å². The third-order valence-electron chi connectivity index (χ3n) is 3.68. The fourth-order valence-electron chi connectivity index (χ4n) is 2.64. The molecule has 110 valence electrons. The molecule has 2 unspecified atom stereocenters. The fraction of sp³-hybridized carbons (Fsp3) is 0.667. The van der Waals surface area contributed by atoms with E-state index in [9.17, 15) is 15.2 Å². The first-order valence-corrected chi connectivity index (χ1v) is 6.96. The molecule has 0 saturated heterocycles. The molecule has 1 aliphatic rings. The van der Waals surface area contributed by atoms with Crippen LogP contribution in [0.3, 0.4) is 0 Å². The minimum absolute atomic E-state index is 0.0213. The number of aromatic nitrogens is 2. The van der Waals surface area contributed by atoms with Gasteiger partial charge in [-0.3, -0.25) is 10.1 Å². The van der Waals surface area contributed by atoms with Gasteiger partial charge in [-0.15, -0.1) is 0 Å². The van der Waals surface area contributed by atoms with E-state index in [2.05, 4.69) is 15.3 Å². The lowest BCUT2D eigenvalue weighted by atomic mass is 9.85. The van der Waals surface area contributed by atoms with Gasteiger partial charge in [-0.25, -0.2) is 4.98 Å². The van der Waals surface area contributed by atoms with Gasteiger partial charge in [0.25, 0.3) is 0 Å². The van der Waals surface area contributed by atoms with Crippen LogP contribution >= 0.6 is 11.6 Å². The molecule has 0 radical (unpaired) electrons. The van der Waals surface area contributed by atoms with Crippen LogP contribution in [0.5, 0.6) is 0 Å². The highest BCUT2D eigenvalue weighted by atomic mass is 35.5. The second kappa shape index (κ2) is 6.32. The van der Waals surface area contributed by atoms with Gasteiger partial charge in [-0.1, -0.05) is 12.8 Å². The molecule has 1 aromatic rings. The highest BCUT2D eigenvalue weighted by Crippen LogP contribution is 2.31. The molecule has 2 rings (SSSR count). The summed E-state index contributed by atoms with van der Waals surface area (Å²) in [5.74, 6) is 0.218. The summed E-state index contributed by atoms with van der Waals surface area (Å²) in [5, 5.41) is 23.6. The van der Waals surface area contributed by atoms with E-state index in [0.717, 1.165) is 25.7 Å². The standard InChI is InChI=1S/C12H17ClN4O3/c1-7-10(17(19)20)11(16-12(13)14-7)15-9-5-3-2-4-8(9)6-18/h8-9,18H,2-6H2,1H3,(H,14,15,16). The fourth-order valence-corrected chi connectivity index (χ4v) is 2.86.